The van der Waals surface area contributed by atoms with Gasteiger partial charge in [-0.25, -0.2) is 0 Å². The Kier molecular flexibility index (Phi) is 12.1. The molecule has 0 amide bonds. The smallest absolute Gasteiger partial charge is 0.248 e. The van der Waals surface area contributed by atoms with E-state index in [0.717, 1.165) is 41.7 Å². The average Bonchev–Trinajstić information content (AvgIpc) is 3.09. The topological polar surface area (TPSA) is 87.4 Å². The fourth-order valence-electron chi connectivity index (χ4n) is 5.68. The van der Waals surface area contributed by atoms with Gasteiger partial charge in [0.05, 0.1) is 11.6 Å². The highest BCUT2D eigenvalue weighted by Gasteiger charge is 2.39. The number of anilines is 1. The molecule has 0 bridgehead atoms. The maximum atomic E-state index is 12.5. The normalized spacial score (nSPS) is 13.3. The lowest BCUT2D eigenvalue weighted by Crippen LogP contribution is -2.43. The Labute approximate surface area is 292 Å². The number of hydrogen-bond acceptors (Lipinski definition) is 6. The number of fused-ring (bicyclic) bond motifs is 1. The predicted molar refractivity (Wildman–Crippen MR) is 206 cm³/mol. The Morgan fingerprint density at radius 1 is 0.796 bits per heavy atom. The van der Waals surface area contributed by atoms with Crippen molar-refractivity contribution in [1.82, 2.24) is 15.6 Å². The summed E-state index contributed by atoms with van der Waals surface area (Å²) in [5.41, 5.74) is 6.30. The van der Waals surface area contributed by atoms with E-state index in [4.69, 9.17) is 9.16 Å². The van der Waals surface area contributed by atoms with E-state index in [9.17, 15) is 4.79 Å². The molecule has 7 nitrogen and oxygen atoms in total. The van der Waals surface area contributed by atoms with Crippen molar-refractivity contribution in [2.75, 3.05) is 32.0 Å². The molecular formula is C41H52N4O3Si. The summed E-state index contributed by atoms with van der Waals surface area (Å²) in [6.07, 6.45) is 0.699. The summed E-state index contributed by atoms with van der Waals surface area (Å²) >= 11 is 0. The number of aromatic nitrogens is 1. The van der Waals surface area contributed by atoms with Crippen LogP contribution < -0.4 is 26.2 Å². The van der Waals surface area contributed by atoms with E-state index in [1.54, 1.807) is 6.07 Å². The molecule has 2 atom stereocenters. The molecule has 0 saturated carbocycles. The summed E-state index contributed by atoms with van der Waals surface area (Å²) in [4.78, 5) is 15.6. The molecule has 49 heavy (non-hydrogen) atoms. The molecule has 8 heteroatoms. The Hall–Kier alpha value is -4.21. The first-order valence-electron chi connectivity index (χ1n) is 17.3. The lowest BCUT2D eigenvalue weighted by atomic mass is 10.0. The summed E-state index contributed by atoms with van der Waals surface area (Å²) in [7, 11) is -0.150. The monoisotopic (exact) mass is 676 g/mol. The fourth-order valence-corrected chi connectivity index (χ4v) is 6.95. The lowest BCUT2D eigenvalue weighted by Gasteiger charge is -2.39. The number of rotatable bonds is 16. The second-order valence-corrected chi connectivity index (χ2v) is 18.9. The second-order valence-electron chi connectivity index (χ2n) is 14.2. The lowest BCUT2D eigenvalue weighted by molar-refractivity contribution is 0.182. The standard InChI is InChI=1S/C41H52N4O3Si/c1-41(2,3)49(5,6)48-38(34-21-23-37(40-35(34)22-24-39(46)45-40)47-29-31-13-9-7-10-14-31)28-43-26-25-30-17-19-33(20-18-30)44-27-36(42-4)32-15-11-8-12-16-32/h7-24,36,38,42-44H,25-29H2,1-6H3,(H,45,46)/t36-,38+/m1/s1. The molecule has 0 saturated heterocycles. The van der Waals surface area contributed by atoms with E-state index < -0.39 is 8.32 Å². The van der Waals surface area contributed by atoms with E-state index in [0.29, 0.717) is 24.4 Å². The number of H-pyrrole nitrogens is 1. The molecule has 0 aliphatic carbocycles. The van der Waals surface area contributed by atoms with Crippen LogP contribution in [0.1, 0.15) is 55.2 Å². The van der Waals surface area contributed by atoms with Gasteiger partial charge >= 0.3 is 0 Å². The van der Waals surface area contributed by atoms with Gasteiger partial charge in [0.25, 0.3) is 0 Å². The third-order valence-electron chi connectivity index (χ3n) is 9.65. The Bertz CT molecular complexity index is 1820. The third kappa shape index (κ3) is 9.70. The number of hydrogen-bond donors (Lipinski definition) is 4. The summed E-state index contributed by atoms with van der Waals surface area (Å²) in [5, 5.41) is 11.6. The van der Waals surface area contributed by atoms with E-state index >= 15 is 0 Å². The average molecular weight is 677 g/mol. The molecule has 258 valence electrons. The first kappa shape index (κ1) is 36.1. The van der Waals surface area contributed by atoms with Gasteiger partial charge in [-0.15, -0.1) is 0 Å². The molecule has 0 fully saturated rings. The maximum Gasteiger partial charge on any atom is 0.248 e. The quantitative estimate of drug-likeness (QED) is 0.0621. The van der Waals surface area contributed by atoms with Crippen molar-refractivity contribution in [3.8, 4) is 5.75 Å². The van der Waals surface area contributed by atoms with Crippen molar-refractivity contribution in [1.29, 1.82) is 0 Å². The van der Waals surface area contributed by atoms with Crippen LogP contribution in [0, 0.1) is 0 Å². The molecule has 0 radical (unpaired) electrons. The van der Waals surface area contributed by atoms with Gasteiger partial charge in [0.1, 0.15) is 12.4 Å². The second kappa shape index (κ2) is 16.5. The first-order chi connectivity index (χ1) is 23.5. The Balaban J connectivity index is 1.27. The molecule has 0 aliphatic rings. The highest BCUT2D eigenvalue weighted by molar-refractivity contribution is 6.74. The van der Waals surface area contributed by atoms with Crippen molar-refractivity contribution in [3.63, 3.8) is 0 Å². The van der Waals surface area contributed by atoms with E-state index in [-0.39, 0.29) is 22.7 Å². The highest BCUT2D eigenvalue weighted by atomic mass is 28.4. The SMILES string of the molecule is CN[C@H](CNc1ccc(CCNC[C@H](O[Si](C)(C)C(C)(C)C)c2ccc(OCc3ccccc3)c3[nH]c(=O)ccc23)cc1)c1ccccc1. The molecule has 0 aliphatic heterocycles. The van der Waals surface area contributed by atoms with Gasteiger partial charge in [-0.1, -0.05) is 99.6 Å². The number of nitrogens with one attached hydrogen (secondary N) is 4. The van der Waals surface area contributed by atoms with Crippen molar-refractivity contribution in [2.24, 2.45) is 0 Å². The first-order valence-corrected chi connectivity index (χ1v) is 20.2. The zero-order chi connectivity index (χ0) is 34.9. The minimum absolute atomic E-state index is 0.0399. The molecule has 0 spiro atoms. The molecule has 1 aromatic heterocycles. The van der Waals surface area contributed by atoms with Crippen molar-refractivity contribution < 1.29 is 9.16 Å². The summed E-state index contributed by atoms with van der Waals surface area (Å²) in [5.74, 6) is 0.652. The van der Waals surface area contributed by atoms with Crippen LogP contribution in [0.2, 0.25) is 18.1 Å². The van der Waals surface area contributed by atoms with E-state index in [1.807, 2.05) is 55.6 Å². The molecule has 5 rings (SSSR count). The summed E-state index contributed by atoms with van der Waals surface area (Å²) in [6.45, 7) is 14.0. The molecule has 4 aromatic carbocycles. The number of likely N-dealkylation sites (N-methyl/N-ethyl adjacent to an activating group) is 1. The molecular weight excluding hydrogens is 625 g/mol. The van der Waals surface area contributed by atoms with Crippen molar-refractivity contribution in [3.05, 3.63) is 142 Å². The van der Waals surface area contributed by atoms with Crippen LogP contribution >= 0.6 is 0 Å². The minimum Gasteiger partial charge on any atom is -0.487 e. The number of aromatic amines is 1. The third-order valence-corrected chi connectivity index (χ3v) is 14.1. The Morgan fingerprint density at radius 3 is 2.16 bits per heavy atom. The van der Waals surface area contributed by atoms with Crippen LogP contribution in [0.5, 0.6) is 5.75 Å². The highest BCUT2D eigenvalue weighted by Crippen LogP contribution is 2.41. The van der Waals surface area contributed by atoms with Crippen LogP contribution in [0.4, 0.5) is 5.69 Å². The number of ether oxygens (including phenoxy) is 1. The van der Waals surface area contributed by atoms with Crippen LogP contribution in [-0.4, -0.2) is 40.0 Å². The predicted octanol–water partition coefficient (Wildman–Crippen LogP) is 8.37. The van der Waals surface area contributed by atoms with Gasteiger partial charge in [-0.05, 0) is 84.7 Å². The summed E-state index contributed by atoms with van der Waals surface area (Å²) in [6, 6.07) is 37.1. The zero-order valence-electron chi connectivity index (χ0n) is 29.8. The molecule has 5 aromatic rings. The van der Waals surface area contributed by atoms with Gasteiger partial charge in [0.2, 0.25) is 5.56 Å². The minimum atomic E-state index is -2.15. The van der Waals surface area contributed by atoms with Crippen LogP contribution in [-0.2, 0) is 17.5 Å². The fraction of sp³-hybridized carbons (Fsp3) is 0.341. The van der Waals surface area contributed by atoms with Crippen LogP contribution in [0.15, 0.2) is 114 Å². The van der Waals surface area contributed by atoms with Gasteiger partial charge < -0.3 is 30.1 Å². The van der Waals surface area contributed by atoms with Gasteiger partial charge in [0, 0.05) is 36.3 Å². The van der Waals surface area contributed by atoms with Crippen molar-refractivity contribution in [2.45, 2.75) is 64.1 Å². The van der Waals surface area contributed by atoms with Crippen LogP contribution in [0.25, 0.3) is 10.9 Å². The van der Waals surface area contributed by atoms with Gasteiger partial charge in [-0.2, -0.15) is 0 Å². The molecule has 0 unspecified atom stereocenters. The largest absolute Gasteiger partial charge is 0.487 e. The van der Waals surface area contributed by atoms with E-state index in [1.165, 1.54) is 11.1 Å². The number of benzene rings is 4. The van der Waals surface area contributed by atoms with Gasteiger partial charge in [-0.3, -0.25) is 4.79 Å². The van der Waals surface area contributed by atoms with Gasteiger partial charge in [0.15, 0.2) is 8.32 Å². The Morgan fingerprint density at radius 2 is 1.49 bits per heavy atom. The maximum absolute atomic E-state index is 12.5. The van der Waals surface area contributed by atoms with Crippen molar-refractivity contribution >= 4 is 24.9 Å². The zero-order valence-corrected chi connectivity index (χ0v) is 30.8. The molecule has 1 heterocycles. The number of pyridine rings is 1. The van der Waals surface area contributed by atoms with Crippen LogP contribution in [0.3, 0.4) is 0 Å². The molecule has 4 N–H and O–H groups in total. The van der Waals surface area contributed by atoms with E-state index in [2.05, 4.69) is 109 Å². The summed E-state index contributed by atoms with van der Waals surface area (Å²) < 4.78 is 13.3.